The number of amides is 2. The van der Waals surface area contributed by atoms with Gasteiger partial charge in [0.1, 0.15) is 26.2 Å². The van der Waals surface area contributed by atoms with Crippen molar-refractivity contribution in [2.45, 2.75) is 32.2 Å². The van der Waals surface area contributed by atoms with Gasteiger partial charge in [-0.15, -0.1) is 0 Å². The summed E-state index contributed by atoms with van der Waals surface area (Å²) in [6.45, 7) is 7.26. The Hall–Kier alpha value is -2.50. The molecule has 2 aliphatic rings. The van der Waals surface area contributed by atoms with Gasteiger partial charge >= 0.3 is 0 Å². The van der Waals surface area contributed by atoms with Crippen LogP contribution in [0.1, 0.15) is 24.0 Å². The summed E-state index contributed by atoms with van der Waals surface area (Å²) in [5.74, 6) is -0.0876. The van der Waals surface area contributed by atoms with E-state index in [4.69, 9.17) is 0 Å². The normalized spacial score (nSPS) is 24.9. The number of anilines is 1. The van der Waals surface area contributed by atoms with Crippen molar-refractivity contribution in [3.63, 3.8) is 0 Å². The average Bonchev–Trinajstić information content (AvgIpc) is 3.04. The van der Waals surface area contributed by atoms with Crippen LogP contribution in [0.2, 0.25) is 0 Å². The number of carbonyl (C=O) groups is 2. The Bertz CT molecular complexity index is 842. The van der Waals surface area contributed by atoms with Crippen molar-refractivity contribution >= 4 is 17.5 Å². The van der Waals surface area contributed by atoms with E-state index in [2.05, 4.69) is 30.3 Å². The van der Waals surface area contributed by atoms with Crippen LogP contribution in [0.3, 0.4) is 0 Å². The minimum Gasteiger partial charge on any atom is -0.326 e. The molecular weight excluding hydrogens is 362 g/mol. The van der Waals surface area contributed by atoms with E-state index in [0.29, 0.717) is 12.1 Å². The van der Waals surface area contributed by atoms with E-state index in [1.807, 2.05) is 31.2 Å². The summed E-state index contributed by atoms with van der Waals surface area (Å²) in [6, 6.07) is 18.1. The maximum atomic E-state index is 13.0. The summed E-state index contributed by atoms with van der Waals surface area (Å²) in [4.78, 5) is 29.8. The van der Waals surface area contributed by atoms with Gasteiger partial charge < -0.3 is 9.80 Å². The zero-order chi connectivity index (χ0) is 20.2. The molecule has 2 N–H and O–H groups in total. The van der Waals surface area contributed by atoms with Crippen LogP contribution in [0, 0.1) is 6.92 Å². The predicted octanol–water partition coefficient (Wildman–Crippen LogP) is 0.0431. The van der Waals surface area contributed by atoms with Crippen LogP contribution < -0.4 is 14.7 Å². The van der Waals surface area contributed by atoms with Crippen LogP contribution in [0.15, 0.2) is 54.6 Å². The second-order valence-corrected chi connectivity index (χ2v) is 8.41. The molecule has 2 saturated heterocycles. The molecule has 4 rings (SSSR count). The van der Waals surface area contributed by atoms with E-state index in [1.54, 1.807) is 4.90 Å². The van der Waals surface area contributed by atoms with Crippen LogP contribution in [0.4, 0.5) is 5.69 Å². The molecule has 0 aromatic heterocycles. The Morgan fingerprint density at radius 3 is 2.31 bits per heavy atom. The number of nitrogens with zero attached hydrogens (tertiary/aromatic N) is 1. The number of benzene rings is 2. The fourth-order valence-electron chi connectivity index (χ4n) is 4.63. The number of piperazine rings is 1. The molecule has 5 nitrogen and oxygen atoms in total. The van der Waals surface area contributed by atoms with Crippen molar-refractivity contribution in [1.29, 1.82) is 0 Å². The Morgan fingerprint density at radius 2 is 1.62 bits per heavy atom. The molecule has 1 atom stereocenters. The molecule has 0 aliphatic carbocycles. The summed E-state index contributed by atoms with van der Waals surface area (Å²) < 4.78 is 0. The van der Waals surface area contributed by atoms with Gasteiger partial charge in [-0.25, -0.2) is 4.90 Å². The Kier molecular flexibility index (Phi) is 6.07. The number of imide groups is 1. The molecule has 5 heteroatoms. The van der Waals surface area contributed by atoms with Gasteiger partial charge in [-0.1, -0.05) is 48.0 Å². The summed E-state index contributed by atoms with van der Waals surface area (Å²) >= 11 is 0. The van der Waals surface area contributed by atoms with Gasteiger partial charge in [-0.05, 0) is 31.0 Å². The first-order valence-corrected chi connectivity index (χ1v) is 10.8. The van der Waals surface area contributed by atoms with Gasteiger partial charge in [-0.3, -0.25) is 9.59 Å². The minimum absolute atomic E-state index is 0.0265. The Morgan fingerprint density at radius 1 is 0.931 bits per heavy atom. The number of carbonyl (C=O) groups excluding carboxylic acids is 2. The van der Waals surface area contributed by atoms with Crippen LogP contribution in [-0.2, 0) is 16.0 Å². The van der Waals surface area contributed by atoms with Crippen LogP contribution >= 0.6 is 0 Å². The molecule has 2 fully saturated rings. The molecule has 29 heavy (non-hydrogen) atoms. The molecule has 0 radical (unpaired) electrons. The number of hydrogen-bond donors (Lipinski definition) is 2. The van der Waals surface area contributed by atoms with Crippen LogP contribution in [0.25, 0.3) is 0 Å². The maximum Gasteiger partial charge on any atom is 0.292 e. The molecule has 2 aromatic carbocycles. The lowest BCUT2D eigenvalue weighted by Gasteiger charge is -2.32. The molecule has 2 amide bonds. The molecule has 0 bridgehead atoms. The zero-order valence-electron chi connectivity index (χ0n) is 17.2. The van der Waals surface area contributed by atoms with Crippen molar-refractivity contribution in [2.75, 3.05) is 37.6 Å². The van der Waals surface area contributed by atoms with Crippen molar-refractivity contribution in [2.24, 2.45) is 0 Å². The van der Waals surface area contributed by atoms with Gasteiger partial charge in [0.15, 0.2) is 6.04 Å². The number of aryl methyl sites for hydroxylation is 2. The van der Waals surface area contributed by atoms with Crippen molar-refractivity contribution < 1.29 is 19.4 Å². The summed E-state index contributed by atoms with van der Waals surface area (Å²) in [5, 5.41) is 0. The SMILES string of the molecule is Cc1ccc(N2C(=O)C[C@@H]([NH+]3CC[NH+](CCCc4ccccc4)CC3)C2=O)cc1. The third-order valence-corrected chi connectivity index (χ3v) is 6.37. The fourth-order valence-corrected chi connectivity index (χ4v) is 4.63. The molecule has 2 aromatic rings. The smallest absolute Gasteiger partial charge is 0.292 e. The standard InChI is InChI=1S/C24H29N3O2/c1-19-9-11-21(12-10-19)27-23(28)18-22(24(27)29)26-16-14-25(15-17-26)13-5-8-20-6-3-2-4-7-20/h2-4,6-7,9-12,22H,5,8,13-18H2,1H3/p+2/t22-/m1/s1. The highest BCUT2D eigenvalue weighted by Crippen LogP contribution is 2.22. The predicted molar refractivity (Wildman–Crippen MR) is 113 cm³/mol. The molecule has 0 spiro atoms. The lowest BCUT2D eigenvalue weighted by molar-refractivity contribution is -1.02. The van der Waals surface area contributed by atoms with E-state index in [-0.39, 0.29) is 17.9 Å². The van der Waals surface area contributed by atoms with E-state index in [9.17, 15) is 9.59 Å². The fraction of sp³-hybridized carbons (Fsp3) is 0.417. The maximum absolute atomic E-state index is 13.0. The molecular formula is C24H31N3O2+2. The average molecular weight is 394 g/mol. The third kappa shape index (κ3) is 4.57. The highest BCUT2D eigenvalue weighted by molar-refractivity contribution is 6.21. The van der Waals surface area contributed by atoms with Gasteiger partial charge in [0, 0.05) is 6.42 Å². The largest absolute Gasteiger partial charge is 0.326 e. The third-order valence-electron chi connectivity index (χ3n) is 6.37. The lowest BCUT2D eigenvalue weighted by atomic mass is 10.1. The van der Waals surface area contributed by atoms with E-state index >= 15 is 0 Å². The van der Waals surface area contributed by atoms with Crippen LogP contribution in [0.5, 0.6) is 0 Å². The Labute approximate surface area is 172 Å². The first-order valence-electron chi connectivity index (χ1n) is 10.8. The second kappa shape index (κ2) is 8.89. The van der Waals surface area contributed by atoms with Gasteiger partial charge in [0.2, 0.25) is 5.91 Å². The summed E-state index contributed by atoms with van der Waals surface area (Å²) in [6.07, 6.45) is 2.66. The highest BCUT2D eigenvalue weighted by atomic mass is 16.2. The van der Waals surface area contributed by atoms with E-state index in [1.165, 1.54) is 28.3 Å². The first kappa shape index (κ1) is 19.8. The van der Waals surface area contributed by atoms with E-state index < -0.39 is 0 Å². The van der Waals surface area contributed by atoms with Crippen molar-refractivity contribution in [3.8, 4) is 0 Å². The monoisotopic (exact) mass is 393 g/mol. The summed E-state index contributed by atoms with van der Waals surface area (Å²) in [5.41, 5.74) is 3.24. The molecule has 2 heterocycles. The Balaban J connectivity index is 1.28. The van der Waals surface area contributed by atoms with E-state index in [0.717, 1.165) is 38.2 Å². The number of nitrogens with one attached hydrogen (secondary N) is 2. The van der Waals surface area contributed by atoms with Crippen molar-refractivity contribution in [1.82, 2.24) is 0 Å². The minimum atomic E-state index is -0.213. The van der Waals surface area contributed by atoms with Crippen molar-refractivity contribution in [3.05, 3.63) is 65.7 Å². The number of quaternary nitrogens is 2. The molecule has 2 aliphatic heterocycles. The van der Waals surface area contributed by atoms with Crippen LogP contribution in [-0.4, -0.2) is 50.6 Å². The number of hydrogen-bond acceptors (Lipinski definition) is 2. The van der Waals surface area contributed by atoms with Gasteiger partial charge in [0.25, 0.3) is 5.91 Å². The molecule has 152 valence electrons. The summed E-state index contributed by atoms with van der Waals surface area (Å²) in [7, 11) is 0. The zero-order valence-corrected chi connectivity index (χ0v) is 17.2. The van der Waals surface area contributed by atoms with Gasteiger partial charge in [0.05, 0.1) is 18.7 Å². The lowest BCUT2D eigenvalue weighted by Crippen LogP contribution is -3.30. The van der Waals surface area contributed by atoms with Gasteiger partial charge in [-0.2, -0.15) is 0 Å². The first-order chi connectivity index (χ1) is 14.1. The number of rotatable bonds is 6. The second-order valence-electron chi connectivity index (χ2n) is 8.41. The highest BCUT2D eigenvalue weighted by Gasteiger charge is 2.46. The molecule has 0 unspecified atom stereocenters. The topological polar surface area (TPSA) is 46.3 Å². The quantitative estimate of drug-likeness (QED) is 0.681. The molecule has 0 saturated carbocycles.